The lowest BCUT2D eigenvalue weighted by Gasteiger charge is -2.52. The smallest absolute Gasteiger partial charge is 0.306 e. The van der Waals surface area contributed by atoms with Gasteiger partial charge in [-0.25, -0.2) is 9.97 Å². The number of aromatic nitrogens is 4. The number of hydrogen-bond acceptors (Lipinski definition) is 10. The highest BCUT2D eigenvalue weighted by Gasteiger charge is 2.49. The zero-order chi connectivity index (χ0) is 30.5. The molecule has 3 N–H and O–H groups in total. The van der Waals surface area contributed by atoms with E-state index in [0.717, 1.165) is 82.4 Å². The number of nitrogens with one attached hydrogen (secondary N) is 1. The molecule has 1 atom stereocenters. The third kappa shape index (κ3) is 5.34. The van der Waals surface area contributed by atoms with E-state index < -0.39 is 5.97 Å². The molecule has 1 spiro atoms. The molecule has 0 amide bonds. The molecule has 5 aliphatic rings. The number of piperidine rings is 1. The molecular formula is C34H42N8O3. The summed E-state index contributed by atoms with van der Waals surface area (Å²) in [5.41, 5.74) is 3.94. The van der Waals surface area contributed by atoms with Crippen molar-refractivity contribution in [2.24, 2.45) is 11.3 Å². The Kier molecular flexibility index (Phi) is 7.23. The fourth-order valence-corrected chi connectivity index (χ4v) is 8.74. The zero-order valence-electron chi connectivity index (χ0n) is 25.7. The summed E-state index contributed by atoms with van der Waals surface area (Å²) in [5, 5.41) is 31.9. The van der Waals surface area contributed by atoms with Gasteiger partial charge in [0.1, 0.15) is 5.75 Å². The summed E-state index contributed by atoms with van der Waals surface area (Å²) in [7, 11) is 0. The van der Waals surface area contributed by atoms with Crippen LogP contribution in [0.4, 0.5) is 17.5 Å². The molecule has 236 valence electrons. The number of carboxylic acids is 1. The lowest BCUT2D eigenvalue weighted by molar-refractivity contribution is -0.152. The number of piperazine rings is 1. The van der Waals surface area contributed by atoms with Crippen molar-refractivity contribution in [3.8, 4) is 17.0 Å². The number of carbonyl (C=O) groups is 1. The van der Waals surface area contributed by atoms with Gasteiger partial charge in [-0.05, 0) is 99.6 Å². The van der Waals surface area contributed by atoms with E-state index >= 15 is 0 Å². The number of rotatable bonds is 5. The second-order valence-electron chi connectivity index (χ2n) is 14.0. The average Bonchev–Trinajstić information content (AvgIpc) is 3.07. The third-order valence-corrected chi connectivity index (χ3v) is 11.4. The number of fused-ring (bicyclic) bond motifs is 3. The average molecular weight is 611 g/mol. The first-order valence-electron chi connectivity index (χ1n) is 16.7. The molecule has 2 saturated heterocycles. The van der Waals surface area contributed by atoms with E-state index in [1.54, 1.807) is 6.07 Å². The minimum Gasteiger partial charge on any atom is -0.507 e. The van der Waals surface area contributed by atoms with Crippen LogP contribution in [-0.2, 0) is 4.79 Å². The van der Waals surface area contributed by atoms with Gasteiger partial charge in [0.15, 0.2) is 5.82 Å². The van der Waals surface area contributed by atoms with Crippen LogP contribution in [0.2, 0.25) is 0 Å². The SMILES string of the molecule is O=C(O)C1CC2(CCC(N3CCC(c4cnc(N5CCN6c7cc(-c8ccccc8O)nnc7NC[C@H]6C5)nc4)CC3)CC2)C1. The van der Waals surface area contributed by atoms with Crippen molar-refractivity contribution in [2.45, 2.75) is 69.4 Å². The van der Waals surface area contributed by atoms with Crippen LogP contribution in [0, 0.1) is 11.3 Å². The maximum atomic E-state index is 11.3. The van der Waals surface area contributed by atoms with Crippen LogP contribution in [-0.4, -0.2) is 92.6 Å². The standard InChI is InChI=1S/C34H42N8O3/c43-30-4-2-1-3-27(30)28-15-29-31(39-38-28)35-20-26-21-41(13-14-42(26)29)33-36-18-24(19-37-33)22-7-11-40(12-8-22)25-5-9-34(10-6-25)16-23(17-34)32(44)45/h1-4,15,18-19,22-23,25-26,43H,5-14,16-17,20-21H2,(H,35,39)(H,44,45)/t23?,25?,26-,34?/m0/s1. The number of nitrogens with zero attached hydrogens (tertiary/aromatic N) is 7. The molecule has 0 unspecified atom stereocenters. The van der Waals surface area contributed by atoms with E-state index in [2.05, 4.69) is 42.6 Å². The number of benzene rings is 1. The maximum Gasteiger partial charge on any atom is 0.306 e. The van der Waals surface area contributed by atoms with Gasteiger partial charge in [0, 0.05) is 50.2 Å². The number of para-hydroxylation sites is 1. The molecule has 0 bridgehead atoms. The van der Waals surface area contributed by atoms with Gasteiger partial charge in [0.25, 0.3) is 0 Å². The minimum absolute atomic E-state index is 0.0989. The number of aliphatic carboxylic acids is 1. The summed E-state index contributed by atoms with van der Waals surface area (Å²) in [6, 6.07) is 10.2. The fourth-order valence-electron chi connectivity index (χ4n) is 8.74. The summed E-state index contributed by atoms with van der Waals surface area (Å²) in [5.74, 6) is 1.58. The van der Waals surface area contributed by atoms with E-state index in [4.69, 9.17) is 9.97 Å². The largest absolute Gasteiger partial charge is 0.507 e. The Bertz CT molecular complexity index is 1540. The van der Waals surface area contributed by atoms with Crippen molar-refractivity contribution in [2.75, 3.05) is 54.4 Å². The van der Waals surface area contributed by atoms with Crippen LogP contribution >= 0.6 is 0 Å². The number of likely N-dealkylation sites (tertiary alicyclic amines) is 1. The fraction of sp³-hybridized carbons (Fsp3) is 0.559. The van der Waals surface area contributed by atoms with Crippen molar-refractivity contribution >= 4 is 23.4 Å². The number of carboxylic acid groups (broad SMARTS) is 1. The highest BCUT2D eigenvalue weighted by molar-refractivity contribution is 5.76. The topological polar surface area (TPSA) is 131 Å². The highest BCUT2D eigenvalue weighted by atomic mass is 16.4. The Balaban J connectivity index is 0.853. The predicted molar refractivity (Wildman–Crippen MR) is 172 cm³/mol. The van der Waals surface area contributed by atoms with Gasteiger partial charge in [0.2, 0.25) is 5.95 Å². The van der Waals surface area contributed by atoms with E-state index in [-0.39, 0.29) is 17.7 Å². The van der Waals surface area contributed by atoms with Gasteiger partial charge in [-0.15, -0.1) is 10.2 Å². The summed E-state index contributed by atoms with van der Waals surface area (Å²) < 4.78 is 0. The first kappa shape index (κ1) is 28.5. The summed E-state index contributed by atoms with van der Waals surface area (Å²) in [6.07, 6.45) is 13.0. The molecule has 2 aliphatic carbocycles. The number of anilines is 3. The normalized spacial score (nSPS) is 28.6. The van der Waals surface area contributed by atoms with Crippen LogP contribution in [0.1, 0.15) is 62.8 Å². The van der Waals surface area contributed by atoms with Crippen LogP contribution in [0.5, 0.6) is 5.75 Å². The van der Waals surface area contributed by atoms with Crippen molar-refractivity contribution < 1.29 is 15.0 Å². The minimum atomic E-state index is -0.603. The summed E-state index contributed by atoms with van der Waals surface area (Å²) >= 11 is 0. The Hall–Kier alpha value is -3.99. The van der Waals surface area contributed by atoms with Gasteiger partial charge in [-0.3, -0.25) is 4.79 Å². The summed E-state index contributed by atoms with van der Waals surface area (Å²) in [6.45, 7) is 5.48. The number of aromatic hydroxyl groups is 1. The van der Waals surface area contributed by atoms with Crippen LogP contribution in [0.3, 0.4) is 0 Å². The first-order chi connectivity index (χ1) is 21.9. The molecule has 0 radical (unpaired) electrons. The molecule has 3 aliphatic heterocycles. The molecule has 11 nitrogen and oxygen atoms in total. The lowest BCUT2D eigenvalue weighted by Crippen LogP contribution is -2.58. The molecule has 2 saturated carbocycles. The number of phenols is 1. The lowest BCUT2D eigenvalue weighted by atomic mass is 9.55. The molecule has 2 aromatic heterocycles. The van der Waals surface area contributed by atoms with Crippen molar-refractivity contribution in [3.05, 3.63) is 48.3 Å². The van der Waals surface area contributed by atoms with Crippen molar-refractivity contribution in [1.29, 1.82) is 0 Å². The molecule has 45 heavy (non-hydrogen) atoms. The van der Waals surface area contributed by atoms with Crippen LogP contribution in [0.15, 0.2) is 42.7 Å². The quantitative estimate of drug-likeness (QED) is 0.381. The van der Waals surface area contributed by atoms with Crippen molar-refractivity contribution in [3.63, 3.8) is 0 Å². The van der Waals surface area contributed by atoms with E-state index in [1.807, 2.05) is 24.3 Å². The van der Waals surface area contributed by atoms with E-state index in [1.165, 1.54) is 31.2 Å². The Morgan fingerprint density at radius 3 is 2.42 bits per heavy atom. The Morgan fingerprint density at radius 2 is 1.69 bits per heavy atom. The zero-order valence-corrected chi connectivity index (χ0v) is 25.7. The molecule has 1 aromatic carbocycles. The third-order valence-electron chi connectivity index (χ3n) is 11.4. The first-order valence-corrected chi connectivity index (χ1v) is 16.7. The second-order valence-corrected chi connectivity index (χ2v) is 14.0. The Labute approximate surface area is 263 Å². The van der Waals surface area contributed by atoms with Gasteiger partial charge >= 0.3 is 5.97 Å². The number of hydrogen-bond donors (Lipinski definition) is 3. The van der Waals surface area contributed by atoms with E-state index in [0.29, 0.717) is 28.6 Å². The van der Waals surface area contributed by atoms with Crippen LogP contribution in [0.25, 0.3) is 11.3 Å². The number of phenolic OH excluding ortho intramolecular Hbond substituents is 1. The summed E-state index contributed by atoms with van der Waals surface area (Å²) in [4.78, 5) is 28.4. The second kappa shape index (κ2) is 11.4. The highest BCUT2D eigenvalue weighted by Crippen LogP contribution is 2.55. The molecule has 11 heteroatoms. The maximum absolute atomic E-state index is 11.3. The van der Waals surface area contributed by atoms with Crippen molar-refractivity contribution in [1.82, 2.24) is 25.1 Å². The van der Waals surface area contributed by atoms with Gasteiger partial charge in [0.05, 0.1) is 23.3 Å². The molecule has 3 aromatic rings. The Morgan fingerprint density at radius 1 is 0.933 bits per heavy atom. The molecular weight excluding hydrogens is 568 g/mol. The molecule has 5 heterocycles. The predicted octanol–water partition coefficient (Wildman–Crippen LogP) is 4.36. The molecule has 8 rings (SSSR count). The monoisotopic (exact) mass is 610 g/mol. The van der Waals surface area contributed by atoms with Gasteiger partial charge in [-0.2, -0.15) is 0 Å². The van der Waals surface area contributed by atoms with Crippen LogP contribution < -0.4 is 15.1 Å². The molecule has 4 fully saturated rings. The van der Waals surface area contributed by atoms with Gasteiger partial charge in [-0.1, -0.05) is 12.1 Å². The van der Waals surface area contributed by atoms with E-state index in [9.17, 15) is 15.0 Å². The van der Waals surface area contributed by atoms with Gasteiger partial charge < -0.3 is 30.2 Å².